The van der Waals surface area contributed by atoms with E-state index in [9.17, 15) is 38.7 Å². The Hall–Kier alpha value is -8.97. The Morgan fingerprint density at radius 1 is 0.714 bits per heavy atom. The Morgan fingerprint density at radius 2 is 1.32 bits per heavy atom. The molecule has 4 aromatic rings. The predicted molar refractivity (Wildman–Crippen MR) is 284 cm³/mol. The van der Waals surface area contributed by atoms with Crippen molar-refractivity contribution in [1.29, 1.82) is 0 Å². The Bertz CT molecular complexity index is 3250. The molecule has 1 saturated heterocycles. The summed E-state index contributed by atoms with van der Waals surface area (Å²) in [6, 6.07) is 15.1. The van der Waals surface area contributed by atoms with Gasteiger partial charge in [-0.05, 0) is 89.2 Å². The largest absolute Gasteiger partial charge is 0.493 e. The van der Waals surface area contributed by atoms with Crippen LogP contribution in [0.5, 0.6) is 17.2 Å². The van der Waals surface area contributed by atoms with Crippen molar-refractivity contribution in [3.05, 3.63) is 119 Å². The third-order valence-electron chi connectivity index (χ3n) is 15.2. The Labute approximate surface area is 481 Å². The molecule has 84 heavy (non-hydrogen) atoms. The van der Waals surface area contributed by atoms with Crippen molar-refractivity contribution in [2.45, 2.75) is 114 Å². The first kappa shape index (κ1) is 61.1. The predicted octanol–water partition coefficient (Wildman–Crippen LogP) is 4.57. The second-order valence-electron chi connectivity index (χ2n) is 21.2. The molecule has 0 unspecified atom stereocenters. The molecule has 4 aliphatic rings. The fourth-order valence-corrected chi connectivity index (χ4v) is 11.7. The molecule has 25 nitrogen and oxygen atoms in total. The molecule has 2 aromatic carbocycles. The zero-order chi connectivity index (χ0) is 61.3. The summed E-state index contributed by atoms with van der Waals surface area (Å²) in [7, 11) is 3.83. The van der Waals surface area contributed by atoms with Crippen LogP contribution in [0.25, 0.3) is 6.08 Å². The molecule has 0 radical (unpaired) electrons. The van der Waals surface area contributed by atoms with Crippen LogP contribution in [-0.2, 0) is 71.3 Å². The quantitative estimate of drug-likeness (QED) is 0.126. The highest BCUT2D eigenvalue weighted by Gasteiger charge is 2.92. The van der Waals surface area contributed by atoms with Crippen molar-refractivity contribution in [1.82, 2.24) is 9.97 Å². The molecule has 2 aliphatic heterocycles. The third kappa shape index (κ3) is 10.9. The van der Waals surface area contributed by atoms with Gasteiger partial charge in [-0.1, -0.05) is 24.3 Å². The van der Waals surface area contributed by atoms with E-state index in [4.69, 9.17) is 61.6 Å². The second-order valence-corrected chi connectivity index (χ2v) is 21.2. The molecule has 12 atom stereocenters. The molecule has 8 rings (SSSR count). The van der Waals surface area contributed by atoms with E-state index < -0.39 is 143 Å². The van der Waals surface area contributed by atoms with Crippen LogP contribution in [0.4, 0.5) is 0 Å². The lowest BCUT2D eigenvalue weighted by atomic mass is 9.45. The van der Waals surface area contributed by atoms with Gasteiger partial charge in [0.15, 0.2) is 41.5 Å². The minimum absolute atomic E-state index is 0.00561. The van der Waals surface area contributed by atoms with Gasteiger partial charge >= 0.3 is 53.7 Å². The number of carbonyl (C=O) groups is 9. The summed E-state index contributed by atoms with van der Waals surface area (Å²) < 4.78 is 80.5. The average Bonchev–Trinajstić information content (AvgIpc) is 1.35. The van der Waals surface area contributed by atoms with Gasteiger partial charge in [0.2, 0.25) is 11.4 Å². The molecule has 0 amide bonds. The molecule has 4 bridgehead atoms. The first-order valence-electron chi connectivity index (χ1n) is 26.2. The molecular formula is C59H62N2O23. The number of hydrogen-bond donors (Lipinski definition) is 1. The highest BCUT2D eigenvalue weighted by Crippen LogP contribution is 2.70. The molecule has 2 aromatic heterocycles. The van der Waals surface area contributed by atoms with E-state index in [1.807, 2.05) is 0 Å². The first-order chi connectivity index (χ1) is 39.7. The fraction of sp³-hybridized carbons (Fsp3) is 0.441. The summed E-state index contributed by atoms with van der Waals surface area (Å²) in [6.07, 6.45) is -7.73. The van der Waals surface area contributed by atoms with Crippen molar-refractivity contribution in [3.8, 4) is 17.2 Å². The number of aliphatic hydroxyl groups is 1. The summed E-state index contributed by atoms with van der Waals surface area (Å²) in [6.45, 7) is 6.47. The number of rotatable bonds is 15. The van der Waals surface area contributed by atoms with Crippen molar-refractivity contribution in [2.75, 3.05) is 34.5 Å². The van der Waals surface area contributed by atoms with Crippen LogP contribution in [0.3, 0.4) is 0 Å². The number of hydrogen-bond acceptors (Lipinski definition) is 25. The molecule has 25 heteroatoms. The smallest absolute Gasteiger partial charge is 0.350 e. The number of methoxy groups -OCH3 is 3. The van der Waals surface area contributed by atoms with Gasteiger partial charge in [0.1, 0.15) is 42.0 Å². The molecule has 446 valence electrons. The van der Waals surface area contributed by atoms with Crippen molar-refractivity contribution in [2.24, 2.45) is 17.3 Å². The van der Waals surface area contributed by atoms with Crippen LogP contribution in [0, 0.1) is 17.3 Å². The van der Waals surface area contributed by atoms with Crippen LogP contribution < -0.4 is 14.2 Å². The number of cyclic esters (lactones) is 1. The van der Waals surface area contributed by atoms with E-state index in [1.54, 1.807) is 6.07 Å². The van der Waals surface area contributed by atoms with Gasteiger partial charge in [0.05, 0.1) is 61.1 Å². The summed E-state index contributed by atoms with van der Waals surface area (Å²) in [4.78, 5) is 139. The fourth-order valence-electron chi connectivity index (χ4n) is 11.7. The van der Waals surface area contributed by atoms with Gasteiger partial charge in [-0.2, -0.15) is 0 Å². The van der Waals surface area contributed by atoms with Crippen molar-refractivity contribution in [3.63, 3.8) is 0 Å². The van der Waals surface area contributed by atoms with E-state index in [2.05, 4.69) is 9.97 Å². The highest BCUT2D eigenvalue weighted by molar-refractivity contribution is 5.94. The molecule has 1 spiro atoms. The van der Waals surface area contributed by atoms with Crippen molar-refractivity contribution < 1.29 is 110 Å². The average molecular weight is 1170 g/mol. The van der Waals surface area contributed by atoms with Crippen molar-refractivity contribution >= 4 is 59.8 Å². The molecule has 1 N–H and O–H groups in total. The summed E-state index contributed by atoms with van der Waals surface area (Å²) >= 11 is 0. The van der Waals surface area contributed by atoms with Gasteiger partial charge in [-0.3, -0.25) is 29.1 Å². The molecule has 4 heterocycles. The maximum Gasteiger partial charge on any atom is 0.350 e. The molecule has 2 aliphatic carbocycles. The summed E-state index contributed by atoms with van der Waals surface area (Å²) in [5, 5.41) is 14.3. The summed E-state index contributed by atoms with van der Waals surface area (Å²) in [5.41, 5.74) is -14.9. The number of benzene rings is 2. The SMILES string of the molecule is COc1cc(C(=O)O[C@H]2[C@@H]3[C@H](OC(C)=O)[C@@]45O[C@@]3(C)COC(=O)c3cccnc3/C=C\[C@H](C)C(=O)O[C@@H]([C@@H](OC(=O)c3ccccc3)[C@H](OC(C)=O)[C@@]4(COC(=O)c3cccnc3)[C@@H]2OC(=O)C(C)(C)OC(C)=O)[C@]5(C)O)cc(OC)c1OC. The lowest BCUT2D eigenvalue weighted by Crippen LogP contribution is -2.89. The van der Waals surface area contributed by atoms with Crippen LogP contribution >= 0.6 is 0 Å². The number of aromatic nitrogens is 2. The standard InChI is InChI=1S/C59H62N2O23/c1-30-21-22-38-37(20-16-24-61-38)53(69)75-28-56(7)41-43(79-52(68)36-25-39(72-9)42(74-11)40(26-36)73-10)47(82-54(70)55(5,6)83-33(4)64)58(29-76-50(66)35-19-15-23-60-27-35)48(78-32(3)63)44(80-51(67)34-17-13-12-14-18-34)46(81-49(30)65)57(8,71)59(58,84-56)45(41)77-31(2)62/h12-27,30,41,43-48,71H,28-29H2,1-11H3/b22-21-/t30-,41+,43-,44+,45-,46-,47+,48-,56-,57-,58+,59-/m0/s1. The van der Waals surface area contributed by atoms with Gasteiger partial charge < -0.3 is 66.7 Å². The maximum absolute atomic E-state index is 15.5. The third-order valence-corrected chi connectivity index (χ3v) is 15.2. The van der Waals surface area contributed by atoms with E-state index >= 15 is 9.59 Å². The Balaban J connectivity index is 1.55. The lowest BCUT2D eigenvalue weighted by molar-refractivity contribution is -0.385. The van der Waals surface area contributed by atoms with E-state index in [0.717, 1.165) is 47.7 Å². The highest BCUT2D eigenvalue weighted by atomic mass is 16.7. The molecular weight excluding hydrogens is 1100 g/mol. The zero-order valence-electron chi connectivity index (χ0n) is 47.6. The van der Waals surface area contributed by atoms with E-state index in [0.29, 0.717) is 0 Å². The number of fused-ring (bicyclic) bond motifs is 5. The molecule has 3 fully saturated rings. The first-order valence-corrected chi connectivity index (χ1v) is 26.2. The Kier molecular flexibility index (Phi) is 17.3. The van der Waals surface area contributed by atoms with Crippen LogP contribution in [-0.4, -0.2) is 162 Å². The lowest BCUT2D eigenvalue weighted by Gasteiger charge is -2.67. The Morgan fingerprint density at radius 3 is 1.93 bits per heavy atom. The monoisotopic (exact) mass is 1170 g/mol. The van der Waals surface area contributed by atoms with Gasteiger partial charge in [-0.25, -0.2) is 24.0 Å². The van der Waals surface area contributed by atoms with E-state index in [1.165, 1.54) is 120 Å². The van der Waals surface area contributed by atoms with Gasteiger partial charge in [0.25, 0.3) is 0 Å². The van der Waals surface area contributed by atoms with Crippen LogP contribution in [0.15, 0.2) is 91.4 Å². The topological polar surface area (TPSA) is 320 Å². The van der Waals surface area contributed by atoms with Gasteiger partial charge in [-0.15, -0.1) is 0 Å². The zero-order valence-corrected chi connectivity index (χ0v) is 47.6. The minimum atomic E-state index is -3.14. The molecule has 2 saturated carbocycles. The van der Waals surface area contributed by atoms with Crippen LogP contribution in [0.2, 0.25) is 0 Å². The normalized spacial score (nSPS) is 29.0. The summed E-state index contributed by atoms with van der Waals surface area (Å²) in [5.74, 6) is -14.1. The van der Waals surface area contributed by atoms with Crippen LogP contribution in [0.1, 0.15) is 103 Å². The van der Waals surface area contributed by atoms with Gasteiger partial charge in [0, 0.05) is 39.4 Å². The maximum atomic E-state index is 15.5. The number of esters is 9. The van der Waals surface area contributed by atoms with E-state index in [-0.39, 0.29) is 45.2 Å². The second kappa shape index (κ2) is 23.7. The number of nitrogens with zero attached hydrogens (tertiary/aromatic N) is 2. The number of ether oxygens (including phenoxy) is 13. The number of pyridine rings is 2. The number of carbonyl (C=O) groups excluding carboxylic acids is 9. The minimum Gasteiger partial charge on any atom is -0.493 e.